The highest BCUT2D eigenvalue weighted by Gasteiger charge is 2.24. The van der Waals surface area contributed by atoms with Gasteiger partial charge in [-0.05, 0) is 12.3 Å². The molecular weight excluding hydrogens is 164 g/mol. The lowest BCUT2D eigenvalue weighted by molar-refractivity contribution is 0.464. The van der Waals surface area contributed by atoms with Crippen molar-refractivity contribution in [2.24, 2.45) is 15.9 Å². The second-order valence-electron chi connectivity index (χ2n) is 2.98. The Kier molecular flexibility index (Phi) is 2.76. The molecule has 1 aliphatic heterocycles. The molecule has 0 aromatic carbocycles. The normalized spacial score (nSPS) is 18.5. The Morgan fingerprint density at radius 2 is 1.77 bits per heavy atom. The molecule has 0 spiro atoms. The fourth-order valence-electron chi connectivity index (χ4n) is 1.04. The van der Waals surface area contributed by atoms with Gasteiger partial charge >= 0.3 is 0 Å². The van der Waals surface area contributed by atoms with Gasteiger partial charge in [-0.1, -0.05) is 13.8 Å². The second-order valence-corrected chi connectivity index (χ2v) is 2.98. The van der Waals surface area contributed by atoms with Crippen molar-refractivity contribution in [2.75, 3.05) is 0 Å². The molecule has 1 atom stereocenters. The molecule has 4 nitrogen and oxygen atoms in total. The zero-order valence-electron chi connectivity index (χ0n) is 7.65. The molecule has 1 unspecified atom stereocenters. The molecule has 66 valence electrons. The van der Waals surface area contributed by atoms with Crippen LogP contribution in [0.15, 0.2) is 9.98 Å². The molecule has 4 heteroatoms. The SMILES string of the molecule is CCC(C)C1N=C(C#N)C(C#N)=N1. The zero-order chi connectivity index (χ0) is 9.84. The number of nitriles is 2. The predicted molar refractivity (Wildman–Crippen MR) is 49.3 cm³/mol. The molecule has 0 aliphatic carbocycles. The largest absolute Gasteiger partial charge is 0.244 e. The third-order valence-electron chi connectivity index (χ3n) is 2.11. The summed E-state index contributed by atoms with van der Waals surface area (Å²) in [6, 6.07) is 3.74. The van der Waals surface area contributed by atoms with Crippen LogP contribution in [-0.2, 0) is 0 Å². The van der Waals surface area contributed by atoms with E-state index < -0.39 is 0 Å². The number of nitrogens with zero attached hydrogens (tertiary/aromatic N) is 4. The van der Waals surface area contributed by atoms with Crippen LogP contribution in [0.25, 0.3) is 0 Å². The van der Waals surface area contributed by atoms with Gasteiger partial charge in [0.2, 0.25) is 0 Å². The Morgan fingerprint density at radius 3 is 2.08 bits per heavy atom. The lowest BCUT2D eigenvalue weighted by atomic mass is 10.1. The molecule has 0 aromatic rings. The van der Waals surface area contributed by atoms with Gasteiger partial charge in [0.25, 0.3) is 0 Å². The maximum Gasteiger partial charge on any atom is 0.173 e. The minimum Gasteiger partial charge on any atom is -0.244 e. The summed E-state index contributed by atoms with van der Waals surface area (Å²) in [6.07, 6.45) is 0.712. The minimum atomic E-state index is -0.228. The van der Waals surface area contributed by atoms with E-state index in [-0.39, 0.29) is 23.5 Å². The lowest BCUT2D eigenvalue weighted by Crippen LogP contribution is -2.09. The number of hydrogen-bond acceptors (Lipinski definition) is 4. The molecule has 13 heavy (non-hydrogen) atoms. The molecule has 1 aliphatic rings. The first-order valence-corrected chi connectivity index (χ1v) is 4.19. The summed E-state index contributed by atoms with van der Waals surface area (Å²) in [4.78, 5) is 8.12. The first-order chi connectivity index (χ1) is 6.22. The highest BCUT2D eigenvalue weighted by atomic mass is 15.1. The van der Waals surface area contributed by atoms with Gasteiger partial charge in [-0.3, -0.25) is 0 Å². The van der Waals surface area contributed by atoms with Gasteiger partial charge < -0.3 is 0 Å². The Labute approximate surface area is 77.2 Å². The molecule has 0 bridgehead atoms. The Balaban J connectivity index is 2.89. The van der Waals surface area contributed by atoms with Crippen LogP contribution in [0.5, 0.6) is 0 Å². The average Bonchev–Trinajstić information content (AvgIpc) is 2.59. The van der Waals surface area contributed by atoms with Crippen molar-refractivity contribution in [1.29, 1.82) is 10.5 Å². The van der Waals surface area contributed by atoms with Crippen LogP contribution in [-0.4, -0.2) is 17.6 Å². The van der Waals surface area contributed by atoms with E-state index >= 15 is 0 Å². The predicted octanol–water partition coefficient (Wildman–Crippen LogP) is 1.30. The summed E-state index contributed by atoms with van der Waals surface area (Å²) >= 11 is 0. The first kappa shape index (κ1) is 9.41. The molecular formula is C9H10N4. The van der Waals surface area contributed by atoms with Crippen LogP contribution < -0.4 is 0 Å². The van der Waals surface area contributed by atoms with Gasteiger partial charge in [0.05, 0.1) is 0 Å². The topological polar surface area (TPSA) is 72.3 Å². The van der Waals surface area contributed by atoms with E-state index in [0.717, 1.165) is 6.42 Å². The molecule has 0 aromatic heterocycles. The number of hydrogen-bond donors (Lipinski definition) is 0. The van der Waals surface area contributed by atoms with E-state index in [9.17, 15) is 0 Å². The smallest absolute Gasteiger partial charge is 0.173 e. The molecule has 0 fully saturated rings. The minimum absolute atomic E-state index is 0.174. The van der Waals surface area contributed by atoms with E-state index in [1.54, 1.807) is 0 Å². The summed E-state index contributed by atoms with van der Waals surface area (Å²) in [7, 11) is 0. The van der Waals surface area contributed by atoms with Crippen LogP contribution in [0.2, 0.25) is 0 Å². The summed E-state index contributed by atoms with van der Waals surface area (Å²) in [6.45, 7) is 4.04. The number of aliphatic imine (C=N–C) groups is 2. The highest BCUT2D eigenvalue weighted by Crippen LogP contribution is 2.17. The average molecular weight is 174 g/mol. The Bertz CT molecular complexity index is 310. The lowest BCUT2D eigenvalue weighted by Gasteiger charge is -2.09. The Morgan fingerprint density at radius 1 is 1.31 bits per heavy atom. The van der Waals surface area contributed by atoms with Gasteiger partial charge in [0.1, 0.15) is 18.3 Å². The second kappa shape index (κ2) is 3.82. The van der Waals surface area contributed by atoms with Gasteiger partial charge in [-0.15, -0.1) is 0 Å². The summed E-state index contributed by atoms with van der Waals surface area (Å²) in [5, 5.41) is 17.3. The van der Waals surface area contributed by atoms with Crippen LogP contribution in [0.1, 0.15) is 20.3 Å². The highest BCUT2D eigenvalue weighted by molar-refractivity contribution is 6.54. The van der Waals surface area contributed by atoms with Crippen molar-refractivity contribution in [3.8, 4) is 12.1 Å². The van der Waals surface area contributed by atoms with Gasteiger partial charge in [0, 0.05) is 0 Å². The quantitative estimate of drug-likeness (QED) is 0.632. The van der Waals surface area contributed by atoms with Crippen LogP contribution in [0.4, 0.5) is 0 Å². The van der Waals surface area contributed by atoms with Crippen LogP contribution in [0, 0.1) is 28.6 Å². The van der Waals surface area contributed by atoms with E-state index in [0.29, 0.717) is 0 Å². The third kappa shape index (κ3) is 1.73. The van der Waals surface area contributed by atoms with Crippen molar-refractivity contribution in [1.82, 2.24) is 0 Å². The first-order valence-electron chi connectivity index (χ1n) is 4.19. The van der Waals surface area contributed by atoms with Gasteiger partial charge in [-0.2, -0.15) is 10.5 Å². The van der Waals surface area contributed by atoms with Crippen molar-refractivity contribution >= 4 is 11.4 Å². The monoisotopic (exact) mass is 174 g/mol. The molecule has 0 amide bonds. The zero-order valence-corrected chi connectivity index (χ0v) is 7.65. The van der Waals surface area contributed by atoms with Crippen molar-refractivity contribution in [2.45, 2.75) is 26.4 Å². The van der Waals surface area contributed by atoms with Crippen LogP contribution in [0.3, 0.4) is 0 Å². The molecule has 0 radical (unpaired) electrons. The fraction of sp³-hybridized carbons (Fsp3) is 0.556. The molecule has 1 rings (SSSR count). The van der Waals surface area contributed by atoms with E-state index in [1.165, 1.54) is 0 Å². The summed E-state index contributed by atoms with van der Waals surface area (Å²) in [5.41, 5.74) is 0.348. The Hall–Kier alpha value is -1.68. The van der Waals surface area contributed by atoms with Crippen molar-refractivity contribution < 1.29 is 0 Å². The van der Waals surface area contributed by atoms with E-state index in [4.69, 9.17) is 10.5 Å². The van der Waals surface area contributed by atoms with Crippen molar-refractivity contribution in [3.63, 3.8) is 0 Å². The standard InChI is InChI=1S/C9H10N4/c1-3-6(2)9-12-7(4-10)8(5-11)13-9/h6,9H,3H2,1-2H3. The molecule has 0 saturated carbocycles. The maximum atomic E-state index is 8.63. The van der Waals surface area contributed by atoms with Crippen LogP contribution >= 0.6 is 0 Å². The molecule has 0 N–H and O–H groups in total. The summed E-state index contributed by atoms with van der Waals surface area (Å²) < 4.78 is 0. The van der Waals surface area contributed by atoms with E-state index in [2.05, 4.69) is 9.98 Å². The fourth-order valence-corrected chi connectivity index (χ4v) is 1.04. The number of rotatable bonds is 2. The maximum absolute atomic E-state index is 8.63. The molecule has 0 saturated heterocycles. The molecule has 1 heterocycles. The third-order valence-corrected chi connectivity index (χ3v) is 2.11. The van der Waals surface area contributed by atoms with Gasteiger partial charge in [0.15, 0.2) is 11.4 Å². The van der Waals surface area contributed by atoms with Gasteiger partial charge in [-0.25, -0.2) is 9.98 Å². The summed E-state index contributed by atoms with van der Waals surface area (Å²) in [5.74, 6) is 0.286. The van der Waals surface area contributed by atoms with Crippen molar-refractivity contribution in [3.05, 3.63) is 0 Å². The van der Waals surface area contributed by atoms with E-state index in [1.807, 2.05) is 26.0 Å².